The molecule has 17 heavy (non-hydrogen) atoms. The zero-order chi connectivity index (χ0) is 12.4. The molecule has 0 amide bonds. The van der Waals surface area contributed by atoms with Gasteiger partial charge >= 0.3 is 5.97 Å². The van der Waals surface area contributed by atoms with Crippen molar-refractivity contribution in [2.24, 2.45) is 17.8 Å². The Morgan fingerprint density at radius 1 is 1.24 bits per heavy atom. The molecule has 0 spiro atoms. The smallest absolute Gasteiger partial charge is 0.317 e. The molecule has 2 aliphatic rings. The normalized spacial score (nSPS) is 33.9. The van der Waals surface area contributed by atoms with Crippen LogP contribution >= 0.6 is 0 Å². The van der Waals surface area contributed by atoms with E-state index in [1.807, 2.05) is 0 Å². The molecule has 1 N–H and O–H groups in total. The summed E-state index contributed by atoms with van der Waals surface area (Å²) in [6, 6.07) is 0.503. The summed E-state index contributed by atoms with van der Waals surface area (Å²) in [6.45, 7) is 5.85. The molecule has 98 valence electrons. The van der Waals surface area contributed by atoms with Gasteiger partial charge in [0.2, 0.25) is 0 Å². The summed E-state index contributed by atoms with van der Waals surface area (Å²) >= 11 is 0. The largest absolute Gasteiger partial charge is 0.480 e. The summed E-state index contributed by atoms with van der Waals surface area (Å²) in [5.41, 5.74) is 0. The van der Waals surface area contributed by atoms with E-state index < -0.39 is 5.97 Å². The van der Waals surface area contributed by atoms with Gasteiger partial charge < -0.3 is 5.11 Å². The highest BCUT2D eigenvalue weighted by Gasteiger charge is 2.34. The molecule has 0 bridgehead atoms. The molecule has 0 aromatic rings. The maximum Gasteiger partial charge on any atom is 0.317 e. The maximum atomic E-state index is 11.0. The van der Waals surface area contributed by atoms with Crippen LogP contribution in [0.3, 0.4) is 0 Å². The standard InChI is InChI=1S/C14H25NO2/c1-10-3-6-13(11(2)7-10)15(9-14(16)17)8-12-4-5-12/h10-13H,3-9H2,1-2H3,(H,16,17). The van der Waals surface area contributed by atoms with E-state index in [1.165, 1.54) is 32.1 Å². The van der Waals surface area contributed by atoms with Crippen molar-refractivity contribution in [3.05, 3.63) is 0 Å². The monoisotopic (exact) mass is 239 g/mol. The summed E-state index contributed by atoms with van der Waals surface area (Å²) < 4.78 is 0. The molecule has 3 nitrogen and oxygen atoms in total. The van der Waals surface area contributed by atoms with E-state index in [2.05, 4.69) is 18.7 Å². The lowest BCUT2D eigenvalue weighted by atomic mass is 9.79. The van der Waals surface area contributed by atoms with Crippen molar-refractivity contribution >= 4 is 5.97 Å². The molecule has 3 heteroatoms. The van der Waals surface area contributed by atoms with E-state index in [9.17, 15) is 4.79 Å². The number of carbonyl (C=O) groups is 1. The average Bonchev–Trinajstić information content (AvgIpc) is 3.00. The lowest BCUT2D eigenvalue weighted by molar-refractivity contribution is -0.139. The van der Waals surface area contributed by atoms with Gasteiger partial charge in [0, 0.05) is 12.6 Å². The molecular formula is C14H25NO2. The van der Waals surface area contributed by atoms with Crippen LogP contribution in [0.5, 0.6) is 0 Å². The van der Waals surface area contributed by atoms with Crippen molar-refractivity contribution in [3.63, 3.8) is 0 Å². The van der Waals surface area contributed by atoms with Gasteiger partial charge in [0.25, 0.3) is 0 Å². The van der Waals surface area contributed by atoms with Gasteiger partial charge in [0.1, 0.15) is 0 Å². The Hall–Kier alpha value is -0.570. The van der Waals surface area contributed by atoms with E-state index in [4.69, 9.17) is 5.11 Å². The molecule has 2 saturated carbocycles. The fourth-order valence-electron chi connectivity index (χ4n) is 3.31. The third kappa shape index (κ3) is 3.70. The first-order chi connectivity index (χ1) is 8.06. The van der Waals surface area contributed by atoms with E-state index in [0.29, 0.717) is 12.0 Å². The molecule has 3 unspecified atom stereocenters. The molecule has 0 saturated heterocycles. The quantitative estimate of drug-likeness (QED) is 0.801. The number of nitrogens with zero attached hydrogens (tertiary/aromatic N) is 1. The number of rotatable bonds is 5. The number of carboxylic acids is 1. The summed E-state index contributed by atoms with van der Waals surface area (Å²) in [7, 11) is 0. The van der Waals surface area contributed by atoms with Crippen molar-refractivity contribution in [2.45, 2.75) is 52.0 Å². The zero-order valence-electron chi connectivity index (χ0n) is 11.1. The van der Waals surface area contributed by atoms with Crippen molar-refractivity contribution < 1.29 is 9.90 Å². The molecule has 0 aromatic carbocycles. The minimum atomic E-state index is -0.670. The highest BCUT2D eigenvalue weighted by atomic mass is 16.4. The Bertz CT molecular complexity index is 275. The molecule has 2 aliphatic carbocycles. The van der Waals surface area contributed by atoms with Crippen LogP contribution < -0.4 is 0 Å². The van der Waals surface area contributed by atoms with Gasteiger partial charge in [-0.1, -0.05) is 13.8 Å². The Morgan fingerprint density at radius 2 is 1.94 bits per heavy atom. The Labute approximate surface area is 104 Å². The second kappa shape index (κ2) is 5.38. The van der Waals surface area contributed by atoms with Gasteiger partial charge in [-0.15, -0.1) is 0 Å². The van der Waals surface area contributed by atoms with Crippen LogP contribution in [-0.2, 0) is 4.79 Å². The Morgan fingerprint density at radius 3 is 2.47 bits per heavy atom. The first-order valence-electron chi connectivity index (χ1n) is 7.02. The molecule has 3 atom stereocenters. The van der Waals surface area contributed by atoms with Crippen molar-refractivity contribution in [1.82, 2.24) is 4.90 Å². The van der Waals surface area contributed by atoms with Gasteiger partial charge in [0.05, 0.1) is 6.54 Å². The zero-order valence-corrected chi connectivity index (χ0v) is 11.1. The van der Waals surface area contributed by atoms with Crippen LogP contribution in [0.2, 0.25) is 0 Å². The molecule has 2 fully saturated rings. The van der Waals surface area contributed by atoms with Crippen molar-refractivity contribution in [3.8, 4) is 0 Å². The van der Waals surface area contributed by atoms with Crippen molar-refractivity contribution in [2.75, 3.05) is 13.1 Å². The summed E-state index contributed by atoms with van der Waals surface area (Å²) in [6.07, 6.45) is 6.30. The highest BCUT2D eigenvalue weighted by molar-refractivity contribution is 5.69. The van der Waals surface area contributed by atoms with E-state index >= 15 is 0 Å². The SMILES string of the molecule is CC1CCC(N(CC(=O)O)CC2CC2)C(C)C1. The minimum absolute atomic E-state index is 0.236. The van der Waals surface area contributed by atoms with Gasteiger partial charge in [-0.25, -0.2) is 0 Å². The van der Waals surface area contributed by atoms with E-state index in [-0.39, 0.29) is 6.54 Å². The van der Waals surface area contributed by atoms with E-state index in [1.54, 1.807) is 0 Å². The fraction of sp³-hybridized carbons (Fsp3) is 0.929. The highest BCUT2D eigenvalue weighted by Crippen LogP contribution is 2.35. The number of hydrogen-bond donors (Lipinski definition) is 1. The lowest BCUT2D eigenvalue weighted by Gasteiger charge is -2.40. The predicted octanol–water partition coefficient (Wildman–Crippen LogP) is 2.61. The molecule has 0 aromatic heterocycles. The van der Waals surface area contributed by atoms with Gasteiger partial charge in [-0.05, 0) is 49.9 Å². The van der Waals surface area contributed by atoms with Crippen LogP contribution in [0.15, 0.2) is 0 Å². The molecule has 0 radical (unpaired) electrons. The Balaban J connectivity index is 1.95. The lowest BCUT2D eigenvalue weighted by Crippen LogP contribution is -2.46. The first kappa shape index (κ1) is 12.9. The molecule has 0 aliphatic heterocycles. The topological polar surface area (TPSA) is 40.5 Å². The third-order valence-electron chi connectivity index (χ3n) is 4.38. The second-order valence-corrected chi connectivity index (χ2v) is 6.23. The third-order valence-corrected chi connectivity index (χ3v) is 4.38. The number of carboxylic acid groups (broad SMARTS) is 1. The first-order valence-corrected chi connectivity index (χ1v) is 7.02. The molecule has 0 heterocycles. The summed E-state index contributed by atoms with van der Waals surface area (Å²) in [4.78, 5) is 13.2. The second-order valence-electron chi connectivity index (χ2n) is 6.23. The average molecular weight is 239 g/mol. The van der Waals surface area contributed by atoms with Crippen molar-refractivity contribution in [1.29, 1.82) is 0 Å². The number of aliphatic carboxylic acids is 1. The van der Waals surface area contributed by atoms with Crippen LogP contribution in [0.25, 0.3) is 0 Å². The van der Waals surface area contributed by atoms with Gasteiger partial charge in [0.15, 0.2) is 0 Å². The molecule has 2 rings (SSSR count). The van der Waals surface area contributed by atoms with Crippen LogP contribution in [0, 0.1) is 17.8 Å². The van der Waals surface area contributed by atoms with Crippen LogP contribution in [0.4, 0.5) is 0 Å². The minimum Gasteiger partial charge on any atom is -0.480 e. The maximum absolute atomic E-state index is 11.0. The van der Waals surface area contributed by atoms with Crippen LogP contribution in [-0.4, -0.2) is 35.1 Å². The predicted molar refractivity (Wildman–Crippen MR) is 67.9 cm³/mol. The van der Waals surface area contributed by atoms with Crippen LogP contribution in [0.1, 0.15) is 46.0 Å². The van der Waals surface area contributed by atoms with Gasteiger partial charge in [-0.2, -0.15) is 0 Å². The summed E-state index contributed by atoms with van der Waals surface area (Å²) in [5, 5.41) is 9.04. The van der Waals surface area contributed by atoms with Gasteiger partial charge in [-0.3, -0.25) is 9.69 Å². The fourth-order valence-corrected chi connectivity index (χ4v) is 3.31. The van der Waals surface area contributed by atoms with E-state index in [0.717, 1.165) is 18.4 Å². The molecular weight excluding hydrogens is 214 g/mol. The number of hydrogen-bond acceptors (Lipinski definition) is 2. The Kier molecular flexibility index (Phi) is 4.08. The summed E-state index contributed by atoms with van der Waals surface area (Å²) in [5.74, 6) is 1.57.